The van der Waals surface area contributed by atoms with Gasteiger partial charge < -0.3 is 62.0 Å². The van der Waals surface area contributed by atoms with E-state index in [9.17, 15) is 43.8 Å². The van der Waals surface area contributed by atoms with E-state index in [0.717, 1.165) is 34.8 Å². The first-order valence-corrected chi connectivity index (χ1v) is 20.0. The summed E-state index contributed by atoms with van der Waals surface area (Å²) in [5.74, 6) is -11.9. The molecule has 4 heterocycles. The summed E-state index contributed by atoms with van der Waals surface area (Å²) in [5.41, 5.74) is -18.2. The molecule has 61 heavy (non-hydrogen) atoms. The minimum Gasteiger partial charge on any atom is -0.472 e. The van der Waals surface area contributed by atoms with Crippen LogP contribution in [0.3, 0.4) is 0 Å². The highest BCUT2D eigenvalue weighted by atomic mass is 17.0. The number of aliphatic hydroxyl groups excluding tert-OH is 1. The van der Waals surface area contributed by atoms with Crippen molar-refractivity contribution in [2.45, 2.75) is 146 Å². The molecule has 20 heteroatoms. The zero-order valence-electron chi connectivity index (χ0n) is 35.1. The van der Waals surface area contributed by atoms with Crippen LogP contribution in [-0.4, -0.2) is 124 Å². The maximum Gasteiger partial charge on any atom is 0.348 e. The van der Waals surface area contributed by atoms with Gasteiger partial charge in [-0.15, -0.1) is 0 Å². The molecule has 1 spiro atoms. The van der Waals surface area contributed by atoms with E-state index >= 15 is 0 Å². The molecule has 17 unspecified atom stereocenters. The van der Waals surface area contributed by atoms with E-state index in [4.69, 9.17) is 51.8 Å². The number of cyclic esters (lactones) is 1. The van der Waals surface area contributed by atoms with Crippen molar-refractivity contribution >= 4 is 41.8 Å². The molecule has 8 fully saturated rings. The van der Waals surface area contributed by atoms with Gasteiger partial charge in [0.15, 0.2) is 17.8 Å². The van der Waals surface area contributed by atoms with Crippen LogP contribution in [0.4, 0.5) is 0 Å². The second-order valence-electron chi connectivity index (χ2n) is 18.7. The minimum atomic E-state index is -2.64. The fourth-order valence-electron chi connectivity index (χ4n) is 14.4. The summed E-state index contributed by atoms with van der Waals surface area (Å²) < 4.78 is 68.5. The second-order valence-corrected chi connectivity index (χ2v) is 18.7. The van der Waals surface area contributed by atoms with Crippen LogP contribution in [0, 0.1) is 33.5 Å². The van der Waals surface area contributed by atoms with Crippen LogP contribution in [0.25, 0.3) is 0 Å². The number of hydrogen-bond acceptors (Lipinski definition) is 20. The van der Waals surface area contributed by atoms with Gasteiger partial charge >= 0.3 is 41.8 Å². The molecular formula is C41H48O20. The molecule has 17 atom stereocenters. The topological polar surface area (TPSA) is 265 Å². The number of carbonyl (C=O) groups excluding carboxylic acids is 7. The van der Waals surface area contributed by atoms with Crippen molar-refractivity contribution in [3.8, 4) is 0 Å². The second kappa shape index (κ2) is 12.1. The largest absolute Gasteiger partial charge is 0.472 e. The third-order valence-electron chi connectivity index (χ3n) is 15.6. The Morgan fingerprint density at radius 2 is 1.51 bits per heavy atom. The third kappa shape index (κ3) is 4.17. The number of aliphatic hydroxyl groups is 2. The minimum absolute atomic E-state index is 0.229. The average Bonchev–Trinajstić information content (AvgIpc) is 3.50. The lowest BCUT2D eigenvalue weighted by molar-refractivity contribution is -0.472. The average molecular weight is 861 g/mol. The third-order valence-corrected chi connectivity index (χ3v) is 15.6. The fourth-order valence-corrected chi connectivity index (χ4v) is 14.4. The molecule has 0 amide bonds. The van der Waals surface area contributed by atoms with Gasteiger partial charge in [-0.05, 0) is 18.9 Å². The van der Waals surface area contributed by atoms with Crippen molar-refractivity contribution in [3.05, 3.63) is 24.2 Å². The first-order chi connectivity index (χ1) is 28.3. The molecule has 1 aromatic rings. The molecule has 3 aliphatic heterocycles. The molecule has 332 valence electrons. The predicted molar refractivity (Wildman–Crippen MR) is 191 cm³/mol. The monoisotopic (exact) mass is 860 g/mol. The summed E-state index contributed by atoms with van der Waals surface area (Å²) in [6.45, 7) is 11.5. The first-order valence-electron chi connectivity index (χ1n) is 20.0. The number of methoxy groups -OCH3 is 1. The van der Waals surface area contributed by atoms with E-state index in [1.807, 2.05) is 0 Å². The molecule has 9 rings (SSSR count). The molecule has 20 nitrogen and oxygen atoms in total. The van der Waals surface area contributed by atoms with Crippen molar-refractivity contribution in [1.29, 1.82) is 0 Å². The van der Waals surface area contributed by atoms with Crippen molar-refractivity contribution < 1.29 is 95.6 Å². The Bertz CT molecular complexity index is 2190. The lowest BCUT2D eigenvalue weighted by Crippen LogP contribution is -2.98. The quantitative estimate of drug-likeness (QED) is 0.257. The van der Waals surface area contributed by atoms with Crippen LogP contribution < -0.4 is 0 Å². The Morgan fingerprint density at radius 1 is 0.869 bits per heavy atom. The summed E-state index contributed by atoms with van der Waals surface area (Å²) in [7, 11) is 1.03. The number of fused-ring (bicyclic) bond motifs is 3. The van der Waals surface area contributed by atoms with Crippen LogP contribution in [0.2, 0.25) is 0 Å². The Kier molecular flexibility index (Phi) is 8.26. The Labute approximate surface area is 348 Å². The maximum atomic E-state index is 14.7. The number of ether oxygens (including phenoxy) is 10. The summed E-state index contributed by atoms with van der Waals surface area (Å²) in [4.78, 5) is 96.5. The van der Waals surface area contributed by atoms with E-state index < -0.39 is 153 Å². The maximum absolute atomic E-state index is 14.7. The number of furan rings is 1. The van der Waals surface area contributed by atoms with Gasteiger partial charge in [-0.3, -0.25) is 24.0 Å². The Balaban J connectivity index is 1.48. The smallest absolute Gasteiger partial charge is 0.348 e. The number of rotatable bonds is 9. The molecular weight excluding hydrogens is 812 g/mol. The zero-order chi connectivity index (χ0) is 44.6. The first kappa shape index (κ1) is 41.7. The van der Waals surface area contributed by atoms with Gasteiger partial charge in [0.2, 0.25) is 17.8 Å². The molecule has 5 aliphatic carbocycles. The highest BCUT2D eigenvalue weighted by molar-refractivity contribution is 5.85. The molecule has 3 saturated heterocycles. The van der Waals surface area contributed by atoms with E-state index in [1.165, 1.54) is 53.2 Å². The summed E-state index contributed by atoms with van der Waals surface area (Å²) in [6.07, 6.45) is -11.3. The van der Waals surface area contributed by atoms with Gasteiger partial charge in [0.05, 0.1) is 36.4 Å². The zero-order valence-corrected chi connectivity index (χ0v) is 35.1. The highest BCUT2D eigenvalue weighted by Gasteiger charge is 3.12. The van der Waals surface area contributed by atoms with Crippen molar-refractivity contribution in [1.82, 2.24) is 0 Å². The van der Waals surface area contributed by atoms with Crippen LogP contribution in [0.15, 0.2) is 23.0 Å². The van der Waals surface area contributed by atoms with Gasteiger partial charge in [0, 0.05) is 56.9 Å². The molecule has 2 N–H and O–H groups in total. The van der Waals surface area contributed by atoms with Crippen molar-refractivity contribution in [2.75, 3.05) is 7.11 Å². The summed E-state index contributed by atoms with van der Waals surface area (Å²) in [5, 5.41) is 27.5. The van der Waals surface area contributed by atoms with Crippen LogP contribution in [0.5, 0.6) is 0 Å². The number of carbonyl (C=O) groups is 7. The SMILES string of the molecule is COC(=O)C(OC(C)=O)C1C2(C)CC3(O)C(OC(=O)C(C)C)(C2OC(C)=O)C2OC4(C)OC5(C(OC(C)=O)C(O)C67CC6(C(OC(C)=O)C(=O)OC7c6ccoc6)C25O4)C13C. The van der Waals surface area contributed by atoms with E-state index in [1.54, 1.807) is 0 Å². The molecule has 8 aliphatic rings. The van der Waals surface area contributed by atoms with Gasteiger partial charge in [-0.1, -0.05) is 27.7 Å². The lowest BCUT2D eigenvalue weighted by Gasteiger charge is -2.77. The van der Waals surface area contributed by atoms with Crippen molar-refractivity contribution in [2.24, 2.45) is 33.5 Å². The number of hydrogen-bond donors (Lipinski definition) is 2. The fraction of sp³-hybridized carbons (Fsp3) is 0.732. The van der Waals surface area contributed by atoms with Crippen LogP contribution >= 0.6 is 0 Å². The molecule has 5 saturated carbocycles. The van der Waals surface area contributed by atoms with Gasteiger partial charge in [0.1, 0.15) is 29.5 Å². The standard InChI is InChI=1S/C41H48O20/c1-16(2)28(47)58-39-31(56-20(6)45)33(7)14-38(39,50)34(8,23(33)22(29(48)51-10)53-17(3)42)40-26(54-18(4)43)24(46)36-15-37(36,41(40)32(39)59-35(9,60-40)61-41)27(55-19(5)44)30(49)57-25(36)21-11-12-52-13-21/h11-13,16,22-27,31-32,46,50H,14-15H2,1-10H3. The van der Waals surface area contributed by atoms with Gasteiger partial charge in [0.25, 0.3) is 5.97 Å². The Hall–Kier alpha value is -4.63. The molecule has 0 radical (unpaired) electrons. The van der Waals surface area contributed by atoms with Crippen LogP contribution in [-0.2, 0) is 80.9 Å². The highest BCUT2D eigenvalue weighted by Crippen LogP contribution is 2.96. The molecule has 4 bridgehead atoms. The lowest BCUT2D eigenvalue weighted by atomic mass is 9.33. The number of esters is 7. The molecule has 1 aromatic heterocycles. The van der Waals surface area contributed by atoms with E-state index in [2.05, 4.69) is 0 Å². The van der Waals surface area contributed by atoms with Gasteiger partial charge in [-0.2, -0.15) is 0 Å². The van der Waals surface area contributed by atoms with E-state index in [-0.39, 0.29) is 12.0 Å². The van der Waals surface area contributed by atoms with Crippen LogP contribution in [0.1, 0.15) is 86.8 Å². The summed E-state index contributed by atoms with van der Waals surface area (Å²) in [6, 6.07) is 1.48. The summed E-state index contributed by atoms with van der Waals surface area (Å²) >= 11 is 0. The van der Waals surface area contributed by atoms with Crippen molar-refractivity contribution in [3.63, 3.8) is 0 Å². The van der Waals surface area contributed by atoms with Gasteiger partial charge in [-0.25, -0.2) is 9.59 Å². The molecule has 0 aromatic carbocycles. The predicted octanol–water partition coefficient (Wildman–Crippen LogP) is 0.854. The van der Waals surface area contributed by atoms with E-state index in [0.29, 0.717) is 0 Å². The normalized spacial score (nSPS) is 49.1. The Morgan fingerprint density at radius 3 is 2.07 bits per heavy atom.